The number of carbonyl (C=O) groups excluding carboxylic acids is 2. The van der Waals surface area contributed by atoms with Crippen molar-refractivity contribution < 1.29 is 19.1 Å². The number of hydrogen-bond donors (Lipinski definition) is 2. The van der Waals surface area contributed by atoms with Gasteiger partial charge in [0.1, 0.15) is 11.5 Å². The highest BCUT2D eigenvalue weighted by molar-refractivity contribution is 6.06. The van der Waals surface area contributed by atoms with Crippen molar-refractivity contribution in [3.05, 3.63) is 47.5 Å². The normalized spacial score (nSPS) is 10.0. The first-order valence-electron chi connectivity index (χ1n) is 7.37. The van der Waals surface area contributed by atoms with E-state index in [1.807, 2.05) is 6.92 Å². The van der Waals surface area contributed by atoms with Crippen LogP contribution in [-0.2, 0) is 4.79 Å². The summed E-state index contributed by atoms with van der Waals surface area (Å²) in [6, 6.07) is 10.2. The van der Waals surface area contributed by atoms with Gasteiger partial charge in [0.25, 0.3) is 5.91 Å². The number of anilines is 2. The lowest BCUT2D eigenvalue weighted by Gasteiger charge is -2.14. The Hall–Kier alpha value is -3.02. The largest absolute Gasteiger partial charge is 0.496 e. The number of benzene rings is 2. The minimum atomic E-state index is -0.287. The Kier molecular flexibility index (Phi) is 5.42. The predicted octanol–water partition coefficient (Wildman–Crippen LogP) is 3.22. The zero-order valence-electron chi connectivity index (χ0n) is 14.1. The van der Waals surface area contributed by atoms with Crippen molar-refractivity contribution in [2.45, 2.75) is 13.8 Å². The number of carbonyl (C=O) groups is 2. The monoisotopic (exact) mass is 328 g/mol. The summed E-state index contributed by atoms with van der Waals surface area (Å²) in [6.07, 6.45) is 0. The molecule has 0 unspecified atom stereocenters. The first-order valence-corrected chi connectivity index (χ1v) is 7.37. The molecule has 0 heterocycles. The standard InChI is InChI=1S/C18H20N2O4/c1-11-16(23-3)10-9-15(17(11)24-4)18(22)20-14-7-5-13(6-8-14)19-12(2)21/h5-10H,1-4H3,(H,19,21)(H,20,22). The van der Waals surface area contributed by atoms with Crippen LogP contribution in [0.3, 0.4) is 0 Å². The molecule has 2 amide bonds. The van der Waals surface area contributed by atoms with E-state index in [2.05, 4.69) is 10.6 Å². The van der Waals surface area contributed by atoms with Crippen molar-refractivity contribution >= 4 is 23.2 Å². The number of rotatable bonds is 5. The van der Waals surface area contributed by atoms with Gasteiger partial charge in [-0.1, -0.05) is 0 Å². The van der Waals surface area contributed by atoms with Crippen molar-refractivity contribution in [1.82, 2.24) is 0 Å². The molecule has 2 aromatic rings. The van der Waals surface area contributed by atoms with Gasteiger partial charge in [0, 0.05) is 23.9 Å². The summed E-state index contributed by atoms with van der Waals surface area (Å²) in [5.41, 5.74) is 2.46. The third-order valence-corrected chi connectivity index (χ3v) is 3.49. The molecule has 6 heteroatoms. The van der Waals surface area contributed by atoms with Crippen molar-refractivity contribution in [2.24, 2.45) is 0 Å². The molecule has 2 rings (SSSR count). The smallest absolute Gasteiger partial charge is 0.259 e. The fourth-order valence-corrected chi connectivity index (χ4v) is 2.38. The highest BCUT2D eigenvalue weighted by Gasteiger charge is 2.17. The Morgan fingerprint density at radius 1 is 0.875 bits per heavy atom. The van der Waals surface area contributed by atoms with Gasteiger partial charge >= 0.3 is 0 Å². The van der Waals surface area contributed by atoms with E-state index in [-0.39, 0.29) is 11.8 Å². The second-order valence-electron chi connectivity index (χ2n) is 5.19. The minimum absolute atomic E-state index is 0.148. The number of amides is 2. The molecule has 0 atom stereocenters. The maximum absolute atomic E-state index is 12.5. The molecule has 0 aliphatic carbocycles. The average Bonchev–Trinajstić information content (AvgIpc) is 2.55. The van der Waals surface area contributed by atoms with E-state index < -0.39 is 0 Å². The van der Waals surface area contributed by atoms with Gasteiger partial charge in [0.2, 0.25) is 5.91 Å². The van der Waals surface area contributed by atoms with Crippen LogP contribution in [0.25, 0.3) is 0 Å². The van der Waals surface area contributed by atoms with E-state index in [1.165, 1.54) is 14.0 Å². The molecular formula is C18H20N2O4. The van der Waals surface area contributed by atoms with Crippen LogP contribution in [0.4, 0.5) is 11.4 Å². The van der Waals surface area contributed by atoms with Crippen LogP contribution in [0.15, 0.2) is 36.4 Å². The van der Waals surface area contributed by atoms with Crippen LogP contribution in [0.2, 0.25) is 0 Å². The van der Waals surface area contributed by atoms with E-state index >= 15 is 0 Å². The quantitative estimate of drug-likeness (QED) is 0.883. The Morgan fingerprint density at radius 2 is 1.46 bits per heavy atom. The van der Waals surface area contributed by atoms with E-state index in [4.69, 9.17) is 9.47 Å². The van der Waals surface area contributed by atoms with Crippen molar-refractivity contribution in [2.75, 3.05) is 24.9 Å². The maximum atomic E-state index is 12.5. The summed E-state index contributed by atoms with van der Waals surface area (Å²) >= 11 is 0. The molecule has 0 bridgehead atoms. The Balaban J connectivity index is 2.21. The summed E-state index contributed by atoms with van der Waals surface area (Å²) in [5.74, 6) is 0.694. The lowest BCUT2D eigenvalue weighted by atomic mass is 10.1. The SMILES string of the molecule is COc1ccc(C(=O)Nc2ccc(NC(C)=O)cc2)c(OC)c1C. The number of methoxy groups -OCH3 is 2. The van der Waals surface area contributed by atoms with E-state index in [0.29, 0.717) is 28.4 Å². The number of hydrogen-bond acceptors (Lipinski definition) is 4. The lowest BCUT2D eigenvalue weighted by Crippen LogP contribution is -2.14. The molecule has 0 saturated heterocycles. The molecule has 0 aliphatic rings. The van der Waals surface area contributed by atoms with Gasteiger partial charge in [-0.2, -0.15) is 0 Å². The topological polar surface area (TPSA) is 76.7 Å². The Labute approximate surface area is 140 Å². The van der Waals surface area contributed by atoms with Gasteiger partial charge in [0.15, 0.2) is 0 Å². The molecule has 2 N–H and O–H groups in total. The second-order valence-corrected chi connectivity index (χ2v) is 5.19. The van der Waals surface area contributed by atoms with Gasteiger partial charge in [0.05, 0.1) is 19.8 Å². The zero-order valence-corrected chi connectivity index (χ0v) is 14.1. The van der Waals surface area contributed by atoms with Crippen molar-refractivity contribution in [3.63, 3.8) is 0 Å². The molecule has 0 aliphatic heterocycles. The molecule has 0 spiro atoms. The molecule has 0 aromatic heterocycles. The van der Waals surface area contributed by atoms with Crippen LogP contribution in [0, 0.1) is 6.92 Å². The number of nitrogens with one attached hydrogen (secondary N) is 2. The fraction of sp³-hybridized carbons (Fsp3) is 0.222. The van der Waals surface area contributed by atoms with E-state index in [1.54, 1.807) is 43.5 Å². The average molecular weight is 328 g/mol. The van der Waals surface area contributed by atoms with Gasteiger partial charge in [-0.15, -0.1) is 0 Å². The summed E-state index contributed by atoms with van der Waals surface area (Å²) in [5, 5.41) is 5.48. The minimum Gasteiger partial charge on any atom is -0.496 e. The Bertz CT molecular complexity index is 754. The molecule has 24 heavy (non-hydrogen) atoms. The zero-order chi connectivity index (χ0) is 17.7. The third kappa shape index (κ3) is 3.84. The first-order chi connectivity index (χ1) is 11.5. The van der Waals surface area contributed by atoms with Crippen molar-refractivity contribution in [1.29, 1.82) is 0 Å². The maximum Gasteiger partial charge on any atom is 0.259 e. The fourth-order valence-electron chi connectivity index (χ4n) is 2.38. The first kappa shape index (κ1) is 17.3. The van der Waals surface area contributed by atoms with Gasteiger partial charge in [-0.25, -0.2) is 0 Å². The van der Waals surface area contributed by atoms with Crippen molar-refractivity contribution in [3.8, 4) is 11.5 Å². The molecule has 6 nitrogen and oxygen atoms in total. The van der Waals surface area contributed by atoms with Crippen LogP contribution < -0.4 is 20.1 Å². The molecule has 2 aromatic carbocycles. The summed E-state index contributed by atoms with van der Waals surface area (Å²) in [7, 11) is 3.08. The molecule has 0 radical (unpaired) electrons. The number of ether oxygens (including phenoxy) is 2. The lowest BCUT2D eigenvalue weighted by molar-refractivity contribution is -0.114. The van der Waals surface area contributed by atoms with Crippen LogP contribution in [0.1, 0.15) is 22.8 Å². The third-order valence-electron chi connectivity index (χ3n) is 3.49. The summed E-state index contributed by atoms with van der Waals surface area (Å²) < 4.78 is 10.6. The highest BCUT2D eigenvalue weighted by atomic mass is 16.5. The van der Waals surface area contributed by atoms with Crippen LogP contribution >= 0.6 is 0 Å². The van der Waals surface area contributed by atoms with Crippen LogP contribution in [-0.4, -0.2) is 26.0 Å². The Morgan fingerprint density at radius 3 is 1.96 bits per heavy atom. The van der Waals surface area contributed by atoms with Crippen LogP contribution in [0.5, 0.6) is 11.5 Å². The molecule has 0 fully saturated rings. The highest BCUT2D eigenvalue weighted by Crippen LogP contribution is 2.31. The van der Waals surface area contributed by atoms with E-state index in [0.717, 1.165) is 5.56 Å². The van der Waals surface area contributed by atoms with Gasteiger partial charge in [-0.05, 0) is 43.3 Å². The van der Waals surface area contributed by atoms with Gasteiger partial charge in [-0.3, -0.25) is 9.59 Å². The van der Waals surface area contributed by atoms with E-state index in [9.17, 15) is 9.59 Å². The summed E-state index contributed by atoms with van der Waals surface area (Å²) in [4.78, 5) is 23.5. The molecule has 0 saturated carbocycles. The predicted molar refractivity (Wildman–Crippen MR) is 93.0 cm³/mol. The second kappa shape index (κ2) is 7.50. The van der Waals surface area contributed by atoms with Gasteiger partial charge < -0.3 is 20.1 Å². The summed E-state index contributed by atoms with van der Waals surface area (Å²) in [6.45, 7) is 3.27. The molecular weight excluding hydrogens is 308 g/mol. The molecule has 126 valence electrons.